The normalized spacial score (nSPS) is 11.0. The van der Waals surface area contributed by atoms with Gasteiger partial charge in [-0.2, -0.15) is 0 Å². The number of benzene rings is 5. The molecular formula is C33H25NO. The van der Waals surface area contributed by atoms with Crippen LogP contribution in [0.15, 0.2) is 138 Å². The first-order valence-corrected chi connectivity index (χ1v) is 11.9. The lowest BCUT2D eigenvalue weighted by Gasteiger charge is -2.26. The van der Waals surface area contributed by atoms with Crippen LogP contribution in [-0.4, -0.2) is 0 Å². The Morgan fingerprint density at radius 1 is 0.486 bits per heavy atom. The quantitative estimate of drug-likeness (QED) is 0.259. The number of nitrogens with zero attached hydrogens (tertiary/aromatic N) is 1. The van der Waals surface area contributed by atoms with E-state index in [1.807, 2.05) is 12.1 Å². The van der Waals surface area contributed by atoms with E-state index in [-0.39, 0.29) is 0 Å². The van der Waals surface area contributed by atoms with Gasteiger partial charge in [0, 0.05) is 33.6 Å². The maximum atomic E-state index is 6.29. The van der Waals surface area contributed by atoms with Crippen LogP contribution in [0.3, 0.4) is 0 Å². The van der Waals surface area contributed by atoms with Crippen LogP contribution in [-0.2, 0) is 0 Å². The van der Waals surface area contributed by atoms with Gasteiger partial charge in [0.15, 0.2) is 0 Å². The van der Waals surface area contributed by atoms with Crippen molar-refractivity contribution >= 4 is 28.0 Å². The molecule has 35 heavy (non-hydrogen) atoms. The molecular weight excluding hydrogens is 426 g/mol. The van der Waals surface area contributed by atoms with Crippen LogP contribution < -0.4 is 4.90 Å². The van der Waals surface area contributed by atoms with Crippen molar-refractivity contribution in [2.24, 2.45) is 0 Å². The smallest absolute Gasteiger partial charge is 0.138 e. The molecule has 0 amide bonds. The van der Waals surface area contributed by atoms with Crippen LogP contribution in [0.25, 0.3) is 33.4 Å². The van der Waals surface area contributed by atoms with Crippen molar-refractivity contribution in [3.05, 3.63) is 139 Å². The molecule has 0 bridgehead atoms. The van der Waals surface area contributed by atoms with E-state index < -0.39 is 0 Å². The molecule has 1 heterocycles. The Balaban J connectivity index is 1.49. The lowest BCUT2D eigenvalue weighted by Crippen LogP contribution is -2.10. The summed E-state index contributed by atoms with van der Waals surface area (Å²) in [5, 5.41) is 1.16. The van der Waals surface area contributed by atoms with Crippen LogP contribution >= 0.6 is 0 Å². The highest BCUT2D eigenvalue weighted by Crippen LogP contribution is 2.39. The molecule has 0 saturated carbocycles. The molecule has 0 spiro atoms. The third kappa shape index (κ3) is 4.00. The third-order valence-electron chi connectivity index (χ3n) is 6.44. The van der Waals surface area contributed by atoms with Gasteiger partial charge in [0.25, 0.3) is 0 Å². The lowest BCUT2D eigenvalue weighted by molar-refractivity contribution is 0.629. The molecule has 5 aromatic carbocycles. The fourth-order valence-electron chi connectivity index (χ4n) is 4.72. The number of fused-ring (bicyclic) bond motifs is 1. The number of para-hydroxylation sites is 2. The topological polar surface area (TPSA) is 16.4 Å². The van der Waals surface area contributed by atoms with E-state index in [2.05, 4.69) is 133 Å². The zero-order valence-corrected chi connectivity index (χ0v) is 19.6. The molecule has 0 aliphatic heterocycles. The standard InChI is InChI=1S/C33H25NO/c1-24-31-20-8-9-21-32(31)35-33(24)27-15-11-19-30(23-27)34(28-16-6-3-7-17-28)29-18-10-14-26(22-29)25-12-4-2-5-13-25/h2-23H,1H3. The first kappa shape index (κ1) is 21.0. The van der Waals surface area contributed by atoms with Gasteiger partial charge in [-0.3, -0.25) is 0 Å². The van der Waals surface area contributed by atoms with Crippen molar-refractivity contribution in [1.29, 1.82) is 0 Å². The first-order valence-electron chi connectivity index (χ1n) is 11.9. The van der Waals surface area contributed by atoms with Crippen molar-refractivity contribution in [1.82, 2.24) is 0 Å². The first-order chi connectivity index (χ1) is 17.3. The summed E-state index contributed by atoms with van der Waals surface area (Å²) in [6.07, 6.45) is 0. The number of rotatable bonds is 5. The highest BCUT2D eigenvalue weighted by atomic mass is 16.3. The highest BCUT2D eigenvalue weighted by Gasteiger charge is 2.17. The molecule has 2 nitrogen and oxygen atoms in total. The summed E-state index contributed by atoms with van der Waals surface area (Å²) < 4.78 is 6.29. The molecule has 2 heteroatoms. The maximum absolute atomic E-state index is 6.29. The van der Waals surface area contributed by atoms with E-state index >= 15 is 0 Å². The number of anilines is 3. The van der Waals surface area contributed by atoms with Gasteiger partial charge >= 0.3 is 0 Å². The van der Waals surface area contributed by atoms with Crippen LogP contribution in [0.5, 0.6) is 0 Å². The minimum atomic E-state index is 0.916. The number of hydrogen-bond acceptors (Lipinski definition) is 2. The molecule has 6 aromatic rings. The van der Waals surface area contributed by atoms with Gasteiger partial charge in [-0.05, 0) is 60.5 Å². The van der Waals surface area contributed by atoms with Crippen LogP contribution in [0.1, 0.15) is 5.56 Å². The van der Waals surface area contributed by atoms with Crippen LogP contribution in [0.4, 0.5) is 17.1 Å². The molecule has 0 atom stereocenters. The Morgan fingerprint density at radius 2 is 1.03 bits per heavy atom. The molecule has 1 aromatic heterocycles. The molecule has 168 valence electrons. The van der Waals surface area contributed by atoms with E-state index in [9.17, 15) is 0 Å². The molecule has 0 radical (unpaired) electrons. The summed E-state index contributed by atoms with van der Waals surface area (Å²) in [6.45, 7) is 2.13. The molecule has 0 aliphatic carbocycles. The fourth-order valence-corrected chi connectivity index (χ4v) is 4.72. The second-order valence-electron chi connectivity index (χ2n) is 8.69. The van der Waals surface area contributed by atoms with Gasteiger partial charge in [0.1, 0.15) is 11.3 Å². The Hall–Kier alpha value is -4.56. The average Bonchev–Trinajstić information content (AvgIpc) is 3.27. The summed E-state index contributed by atoms with van der Waals surface area (Å²) in [7, 11) is 0. The van der Waals surface area contributed by atoms with E-state index in [1.54, 1.807) is 0 Å². The molecule has 0 N–H and O–H groups in total. The predicted octanol–water partition coefficient (Wildman–Crippen LogP) is 9.55. The predicted molar refractivity (Wildman–Crippen MR) is 147 cm³/mol. The zero-order valence-electron chi connectivity index (χ0n) is 19.6. The van der Waals surface area contributed by atoms with Gasteiger partial charge in [0.2, 0.25) is 0 Å². The summed E-state index contributed by atoms with van der Waals surface area (Å²) >= 11 is 0. The molecule has 0 unspecified atom stereocenters. The number of furan rings is 1. The SMILES string of the molecule is Cc1c(-c2cccc(N(c3ccccc3)c3cccc(-c4ccccc4)c3)c2)oc2ccccc12. The number of aryl methyl sites for hydroxylation is 1. The lowest BCUT2D eigenvalue weighted by atomic mass is 10.0. The second kappa shape index (κ2) is 9.00. The highest BCUT2D eigenvalue weighted by molar-refractivity contribution is 5.89. The molecule has 0 saturated heterocycles. The summed E-state index contributed by atoms with van der Waals surface area (Å²) in [5.41, 5.74) is 8.83. The Bertz CT molecular complexity index is 1600. The molecule has 0 fully saturated rings. The van der Waals surface area contributed by atoms with E-state index in [0.29, 0.717) is 0 Å². The molecule has 6 rings (SSSR count). The second-order valence-corrected chi connectivity index (χ2v) is 8.69. The van der Waals surface area contributed by atoms with Crippen LogP contribution in [0, 0.1) is 6.92 Å². The van der Waals surface area contributed by atoms with Crippen molar-refractivity contribution in [3.63, 3.8) is 0 Å². The number of hydrogen-bond donors (Lipinski definition) is 0. The summed E-state index contributed by atoms with van der Waals surface area (Å²) in [6, 6.07) is 46.5. The van der Waals surface area contributed by atoms with E-state index in [0.717, 1.165) is 44.9 Å². The van der Waals surface area contributed by atoms with Gasteiger partial charge in [-0.1, -0.05) is 91.0 Å². The maximum Gasteiger partial charge on any atom is 0.138 e. The van der Waals surface area contributed by atoms with E-state index in [1.165, 1.54) is 11.1 Å². The van der Waals surface area contributed by atoms with Crippen molar-refractivity contribution < 1.29 is 4.42 Å². The average molecular weight is 452 g/mol. The summed E-state index contributed by atoms with van der Waals surface area (Å²) in [5.74, 6) is 0.916. The minimum Gasteiger partial charge on any atom is -0.456 e. The Labute approximate surface area is 205 Å². The Morgan fingerprint density at radius 3 is 1.74 bits per heavy atom. The minimum absolute atomic E-state index is 0.916. The van der Waals surface area contributed by atoms with Gasteiger partial charge in [-0.15, -0.1) is 0 Å². The van der Waals surface area contributed by atoms with Gasteiger partial charge in [-0.25, -0.2) is 0 Å². The third-order valence-corrected chi connectivity index (χ3v) is 6.44. The van der Waals surface area contributed by atoms with Gasteiger partial charge < -0.3 is 9.32 Å². The van der Waals surface area contributed by atoms with E-state index in [4.69, 9.17) is 4.42 Å². The zero-order chi connectivity index (χ0) is 23.6. The largest absolute Gasteiger partial charge is 0.456 e. The monoisotopic (exact) mass is 451 g/mol. The van der Waals surface area contributed by atoms with Crippen LogP contribution in [0.2, 0.25) is 0 Å². The van der Waals surface area contributed by atoms with Crippen molar-refractivity contribution in [2.75, 3.05) is 4.90 Å². The Kier molecular flexibility index (Phi) is 5.40. The molecule has 0 aliphatic rings. The summed E-state index contributed by atoms with van der Waals surface area (Å²) in [4.78, 5) is 2.30. The van der Waals surface area contributed by atoms with Crippen molar-refractivity contribution in [2.45, 2.75) is 6.92 Å². The van der Waals surface area contributed by atoms with Gasteiger partial charge in [0.05, 0.1) is 0 Å². The van der Waals surface area contributed by atoms with Crippen molar-refractivity contribution in [3.8, 4) is 22.5 Å². The fraction of sp³-hybridized carbons (Fsp3) is 0.0303.